The van der Waals surface area contributed by atoms with Crippen molar-refractivity contribution in [2.75, 3.05) is 0 Å². The van der Waals surface area contributed by atoms with Gasteiger partial charge < -0.3 is 24.8 Å². The van der Waals surface area contributed by atoms with E-state index in [2.05, 4.69) is 209 Å². The normalized spacial score (nSPS) is 15.9. The van der Waals surface area contributed by atoms with Crippen LogP contribution >= 0.6 is 0 Å². The first-order chi connectivity index (χ1) is 25.9. The molecule has 0 amide bonds. The van der Waals surface area contributed by atoms with Gasteiger partial charge in [0.1, 0.15) is 0 Å². The molecular weight excluding hydrogens is 823 g/mol. The number of allylic oxidation sites excluding steroid dienone is 4. The summed E-state index contributed by atoms with van der Waals surface area (Å²) in [4.78, 5) is 0. The molecule has 2 aliphatic rings. The first-order valence-corrected chi connectivity index (χ1v) is 25.4. The van der Waals surface area contributed by atoms with Crippen LogP contribution in [0.3, 0.4) is 0 Å². The van der Waals surface area contributed by atoms with E-state index in [0.717, 1.165) is 12.8 Å². The Hall–Kier alpha value is -2.31. The van der Waals surface area contributed by atoms with E-state index >= 15 is 0 Å². The Bertz CT molecular complexity index is 2090. The van der Waals surface area contributed by atoms with Crippen LogP contribution in [0.1, 0.15) is 179 Å². The maximum absolute atomic E-state index is 3.07. The van der Waals surface area contributed by atoms with Crippen LogP contribution in [0.5, 0.6) is 0 Å². The number of fused-ring (bicyclic) bond motifs is 3. The summed E-state index contributed by atoms with van der Waals surface area (Å²) < 4.78 is 3.85. The summed E-state index contributed by atoms with van der Waals surface area (Å²) in [5.41, 5.74) is 18.2. The molecule has 0 saturated heterocycles. The SMILES string of the molecule is CCC1=[C]([Zr+2](=[C](c2ccc(C(C)(C)C)cc2)c2ccc(C(C)(C)C)cc2)[CH]2c3ccc(C(C)(C)C)cc3-c3cc(C(C)(C)C)ccc32)C(CC)C=C1C(C)(C)C.[Cl-].[Cl-]. The summed E-state index contributed by atoms with van der Waals surface area (Å²) >= 11 is -3.07. The summed E-state index contributed by atoms with van der Waals surface area (Å²) in [5, 5.41) is 0. The molecule has 0 aliphatic heterocycles. The quantitative estimate of drug-likeness (QED) is 0.181. The van der Waals surface area contributed by atoms with E-state index in [0.29, 0.717) is 9.54 Å². The Morgan fingerprint density at radius 2 is 0.845 bits per heavy atom. The molecule has 4 aromatic rings. The van der Waals surface area contributed by atoms with Crippen molar-refractivity contribution in [3.8, 4) is 11.1 Å². The fourth-order valence-corrected chi connectivity index (χ4v) is 19.7. The van der Waals surface area contributed by atoms with Crippen molar-refractivity contribution in [3.63, 3.8) is 0 Å². The first-order valence-electron chi connectivity index (χ1n) is 21.6. The molecule has 0 saturated carbocycles. The summed E-state index contributed by atoms with van der Waals surface area (Å²) in [6.07, 6.45) is 4.94. The first kappa shape index (κ1) is 48.4. The molecule has 58 heavy (non-hydrogen) atoms. The van der Waals surface area contributed by atoms with E-state index in [1.165, 1.54) is 44.5 Å². The van der Waals surface area contributed by atoms with Crippen LogP contribution in [-0.2, 0) is 42.9 Å². The maximum atomic E-state index is 2.72. The topological polar surface area (TPSA) is 0 Å². The van der Waals surface area contributed by atoms with E-state index in [9.17, 15) is 0 Å². The van der Waals surface area contributed by atoms with Crippen LogP contribution in [0.25, 0.3) is 11.1 Å². The molecule has 0 nitrogen and oxygen atoms in total. The molecule has 0 bridgehead atoms. The van der Waals surface area contributed by atoms with Gasteiger partial charge in [0.2, 0.25) is 0 Å². The average molecular weight is 895 g/mol. The third-order valence-electron chi connectivity index (χ3n) is 12.7. The second-order valence-electron chi connectivity index (χ2n) is 22.1. The molecule has 0 radical (unpaired) electrons. The largest absolute Gasteiger partial charge is 1.00 e. The van der Waals surface area contributed by atoms with Crippen LogP contribution < -0.4 is 24.8 Å². The Balaban J connectivity index is 0.00000372. The number of benzene rings is 4. The van der Waals surface area contributed by atoms with Crippen molar-refractivity contribution in [2.24, 2.45) is 11.3 Å². The molecule has 0 N–H and O–H groups in total. The molecule has 0 spiro atoms. The van der Waals surface area contributed by atoms with Gasteiger partial charge in [-0.3, -0.25) is 0 Å². The van der Waals surface area contributed by atoms with Gasteiger partial charge in [-0.1, -0.05) is 0 Å². The molecule has 0 fully saturated rings. The third kappa shape index (κ3) is 9.44. The van der Waals surface area contributed by atoms with Gasteiger partial charge in [0.05, 0.1) is 0 Å². The van der Waals surface area contributed by atoms with Crippen molar-refractivity contribution < 1.29 is 46.1 Å². The van der Waals surface area contributed by atoms with Gasteiger partial charge in [-0.2, -0.15) is 0 Å². The zero-order valence-electron chi connectivity index (χ0n) is 39.0. The molecule has 310 valence electrons. The number of rotatable bonds is 6. The van der Waals surface area contributed by atoms with Crippen LogP contribution in [0, 0.1) is 11.3 Å². The Kier molecular flexibility index (Phi) is 14.4. The van der Waals surface area contributed by atoms with Crippen molar-refractivity contribution in [1.82, 2.24) is 0 Å². The van der Waals surface area contributed by atoms with Crippen molar-refractivity contribution in [1.29, 1.82) is 0 Å². The maximum Gasteiger partial charge on any atom is -1.00 e. The van der Waals surface area contributed by atoms with Gasteiger partial charge in [0.15, 0.2) is 0 Å². The predicted octanol–water partition coefficient (Wildman–Crippen LogP) is 9.52. The summed E-state index contributed by atoms with van der Waals surface area (Å²) in [6, 6.07) is 35.0. The van der Waals surface area contributed by atoms with Crippen molar-refractivity contribution in [2.45, 2.75) is 156 Å². The van der Waals surface area contributed by atoms with E-state index in [1.54, 1.807) is 25.5 Å². The van der Waals surface area contributed by atoms with E-state index in [-0.39, 0.29) is 51.9 Å². The van der Waals surface area contributed by atoms with Gasteiger partial charge in [-0.25, -0.2) is 0 Å². The predicted molar refractivity (Wildman–Crippen MR) is 243 cm³/mol. The Morgan fingerprint density at radius 3 is 1.16 bits per heavy atom. The van der Waals surface area contributed by atoms with Gasteiger partial charge in [0.25, 0.3) is 0 Å². The molecule has 4 aromatic carbocycles. The number of halogens is 2. The number of hydrogen-bond donors (Lipinski definition) is 0. The molecule has 2 aliphatic carbocycles. The third-order valence-corrected chi connectivity index (χ3v) is 21.4. The van der Waals surface area contributed by atoms with E-state index < -0.39 is 21.3 Å². The summed E-state index contributed by atoms with van der Waals surface area (Å²) in [6.45, 7) is 40.4. The van der Waals surface area contributed by atoms with Crippen LogP contribution in [-0.4, -0.2) is 3.21 Å². The van der Waals surface area contributed by atoms with Gasteiger partial charge in [-0.05, 0) is 0 Å². The fourth-order valence-electron chi connectivity index (χ4n) is 9.20. The van der Waals surface area contributed by atoms with Crippen LogP contribution in [0.2, 0.25) is 0 Å². The van der Waals surface area contributed by atoms with Crippen molar-refractivity contribution in [3.05, 3.63) is 150 Å². The fraction of sp³-hybridized carbons (Fsp3) is 0.473. The molecule has 3 heteroatoms. The minimum Gasteiger partial charge on any atom is -1.00 e. The average Bonchev–Trinajstić information content (AvgIpc) is 3.64. The van der Waals surface area contributed by atoms with Crippen LogP contribution in [0.15, 0.2) is 105 Å². The Labute approximate surface area is 374 Å². The molecule has 0 heterocycles. The molecule has 1 unspecified atom stereocenters. The van der Waals surface area contributed by atoms with Gasteiger partial charge in [-0.15, -0.1) is 0 Å². The van der Waals surface area contributed by atoms with Crippen molar-refractivity contribution >= 4 is 3.21 Å². The molecule has 0 aromatic heterocycles. The zero-order valence-corrected chi connectivity index (χ0v) is 43.0. The van der Waals surface area contributed by atoms with Crippen LogP contribution in [0.4, 0.5) is 0 Å². The zero-order chi connectivity index (χ0) is 41.3. The second kappa shape index (κ2) is 17.2. The monoisotopic (exact) mass is 892 g/mol. The molecular formula is C55H72Cl2Zr. The number of hydrogen-bond acceptors (Lipinski definition) is 0. The van der Waals surface area contributed by atoms with E-state index in [4.69, 9.17) is 0 Å². The minimum atomic E-state index is -3.07. The molecule has 1 atom stereocenters. The standard InChI is InChI=1S/C21H25.C21H26.C13H21.2ClH.Zr/c1-20(2,3)16-9-7-14-11-15-8-10-17(21(4,5)6)13-19(15)18(14)12-16;1-20(2,3)18-11-7-16(8-12-18)15-17-9-13-19(14-10-17)21(4,5)6;1-6-10-8-11(7-2)12(9-10)13(3,4)5;;;/h7-13H,1-6H3;7-14H,1-6H3;9-10H,6-7H2,1-5H3;2*1H;/q;;;;;+2/p-2. The van der Waals surface area contributed by atoms with Gasteiger partial charge in [0, 0.05) is 0 Å². The minimum absolute atomic E-state index is 0. The van der Waals surface area contributed by atoms with Gasteiger partial charge >= 0.3 is 353 Å². The smallest absolute Gasteiger partial charge is 1.00 e. The second-order valence-corrected chi connectivity index (χ2v) is 28.1. The molecule has 6 rings (SSSR count). The Morgan fingerprint density at radius 1 is 0.483 bits per heavy atom. The summed E-state index contributed by atoms with van der Waals surface area (Å²) in [7, 11) is 0. The summed E-state index contributed by atoms with van der Waals surface area (Å²) in [5.74, 6) is 0.460. The van der Waals surface area contributed by atoms with E-state index in [1.807, 2.05) is 3.28 Å².